The van der Waals surface area contributed by atoms with Gasteiger partial charge < -0.3 is 10.6 Å². The highest BCUT2D eigenvalue weighted by Gasteiger charge is 2.10. The van der Waals surface area contributed by atoms with Crippen molar-refractivity contribution in [2.45, 2.75) is 19.9 Å². The Morgan fingerprint density at radius 3 is 2.50 bits per heavy atom. The summed E-state index contributed by atoms with van der Waals surface area (Å²) >= 11 is 0. The lowest BCUT2D eigenvalue weighted by atomic mass is 10.1. The normalized spacial score (nSPS) is 10.4. The molecular formula is C20H19FN4O. The summed E-state index contributed by atoms with van der Waals surface area (Å²) in [5.41, 5.74) is 3.00. The monoisotopic (exact) mass is 350 g/mol. The van der Waals surface area contributed by atoms with E-state index in [9.17, 15) is 9.18 Å². The van der Waals surface area contributed by atoms with E-state index in [0.29, 0.717) is 12.4 Å². The highest BCUT2D eigenvalue weighted by Crippen LogP contribution is 2.16. The molecule has 0 fully saturated rings. The van der Waals surface area contributed by atoms with Gasteiger partial charge in [-0.15, -0.1) is 0 Å². The molecule has 0 atom stereocenters. The zero-order chi connectivity index (χ0) is 18.4. The Kier molecular flexibility index (Phi) is 5.53. The summed E-state index contributed by atoms with van der Waals surface area (Å²) in [4.78, 5) is 20.7. The van der Waals surface area contributed by atoms with Crippen LogP contribution in [0.5, 0.6) is 0 Å². The van der Waals surface area contributed by atoms with Gasteiger partial charge in [0.2, 0.25) is 0 Å². The molecule has 2 N–H and O–H groups in total. The molecule has 2 aromatic carbocycles. The zero-order valence-corrected chi connectivity index (χ0v) is 14.4. The van der Waals surface area contributed by atoms with E-state index in [1.807, 2.05) is 31.2 Å². The average molecular weight is 350 g/mol. The number of hydrogen-bond acceptors (Lipinski definition) is 4. The number of nitrogens with one attached hydrogen (secondary N) is 2. The molecule has 1 aromatic heterocycles. The Hall–Kier alpha value is -3.28. The first-order valence-corrected chi connectivity index (χ1v) is 8.35. The van der Waals surface area contributed by atoms with Crippen LogP contribution in [0.25, 0.3) is 0 Å². The first-order valence-electron chi connectivity index (χ1n) is 8.35. The van der Waals surface area contributed by atoms with Crippen LogP contribution in [0.4, 0.5) is 15.9 Å². The van der Waals surface area contributed by atoms with E-state index in [2.05, 4.69) is 20.6 Å². The van der Waals surface area contributed by atoms with E-state index >= 15 is 0 Å². The van der Waals surface area contributed by atoms with Crippen molar-refractivity contribution < 1.29 is 9.18 Å². The van der Waals surface area contributed by atoms with Crippen LogP contribution in [0.3, 0.4) is 0 Å². The van der Waals surface area contributed by atoms with Crippen LogP contribution in [0.2, 0.25) is 0 Å². The van der Waals surface area contributed by atoms with Gasteiger partial charge in [-0.25, -0.2) is 14.4 Å². The van der Waals surface area contributed by atoms with Gasteiger partial charge in [-0.05, 0) is 35.7 Å². The van der Waals surface area contributed by atoms with Gasteiger partial charge >= 0.3 is 0 Å². The van der Waals surface area contributed by atoms with E-state index in [4.69, 9.17) is 0 Å². The van der Waals surface area contributed by atoms with Crippen molar-refractivity contribution in [2.24, 2.45) is 0 Å². The molecule has 1 heterocycles. The standard InChI is InChI=1S/C20H19FN4O/c1-2-15-5-3-4-6-17(15)25-20(26)18-12-24-19(13-22-18)23-11-14-7-9-16(21)10-8-14/h3-10,12-13H,2,11H2,1H3,(H,23,24)(H,25,26). The summed E-state index contributed by atoms with van der Waals surface area (Å²) < 4.78 is 12.9. The largest absolute Gasteiger partial charge is 0.365 e. The van der Waals surface area contributed by atoms with E-state index in [0.717, 1.165) is 23.2 Å². The topological polar surface area (TPSA) is 66.9 Å². The van der Waals surface area contributed by atoms with E-state index in [-0.39, 0.29) is 17.4 Å². The molecule has 3 rings (SSSR count). The number of carbonyl (C=O) groups is 1. The molecule has 1 amide bonds. The number of aromatic nitrogens is 2. The third-order valence-corrected chi connectivity index (χ3v) is 3.92. The van der Waals surface area contributed by atoms with Crippen LogP contribution in [-0.2, 0) is 13.0 Å². The molecule has 5 nitrogen and oxygen atoms in total. The molecule has 0 bridgehead atoms. The molecule has 0 saturated heterocycles. The molecule has 0 unspecified atom stereocenters. The highest BCUT2D eigenvalue weighted by atomic mass is 19.1. The van der Waals surface area contributed by atoms with Crippen molar-refractivity contribution >= 4 is 17.4 Å². The fraction of sp³-hybridized carbons (Fsp3) is 0.150. The fourth-order valence-corrected chi connectivity index (χ4v) is 2.47. The Bertz CT molecular complexity index is 879. The molecule has 6 heteroatoms. The number of benzene rings is 2. The van der Waals surface area contributed by atoms with Gasteiger partial charge in [0.15, 0.2) is 0 Å². The smallest absolute Gasteiger partial charge is 0.275 e. The van der Waals surface area contributed by atoms with Crippen LogP contribution in [-0.4, -0.2) is 15.9 Å². The number of anilines is 2. The lowest BCUT2D eigenvalue weighted by molar-refractivity contribution is 0.102. The molecular weight excluding hydrogens is 331 g/mol. The number of para-hydroxylation sites is 1. The third-order valence-electron chi connectivity index (χ3n) is 3.92. The molecule has 3 aromatic rings. The summed E-state index contributed by atoms with van der Waals surface area (Å²) in [5, 5.41) is 5.95. The molecule has 0 spiro atoms. The second-order valence-corrected chi connectivity index (χ2v) is 5.73. The number of amides is 1. The van der Waals surface area contributed by atoms with Crippen molar-refractivity contribution in [2.75, 3.05) is 10.6 Å². The van der Waals surface area contributed by atoms with Crippen LogP contribution >= 0.6 is 0 Å². The Labute approximate surface area is 151 Å². The van der Waals surface area contributed by atoms with Crippen molar-refractivity contribution in [1.29, 1.82) is 0 Å². The van der Waals surface area contributed by atoms with Crippen molar-refractivity contribution in [3.05, 3.63) is 83.6 Å². The van der Waals surface area contributed by atoms with Crippen LogP contribution in [0.1, 0.15) is 28.5 Å². The second-order valence-electron chi connectivity index (χ2n) is 5.73. The molecule has 0 radical (unpaired) electrons. The maximum atomic E-state index is 12.9. The van der Waals surface area contributed by atoms with Crippen LogP contribution in [0.15, 0.2) is 60.9 Å². The maximum Gasteiger partial charge on any atom is 0.275 e. The number of aryl methyl sites for hydroxylation is 1. The Morgan fingerprint density at radius 2 is 1.81 bits per heavy atom. The van der Waals surface area contributed by atoms with E-state index in [1.54, 1.807) is 12.1 Å². The van der Waals surface area contributed by atoms with Gasteiger partial charge in [0.1, 0.15) is 17.3 Å². The lowest BCUT2D eigenvalue weighted by Gasteiger charge is -2.09. The van der Waals surface area contributed by atoms with Crippen LogP contribution < -0.4 is 10.6 Å². The van der Waals surface area contributed by atoms with Gasteiger partial charge in [0.25, 0.3) is 5.91 Å². The lowest BCUT2D eigenvalue weighted by Crippen LogP contribution is -2.15. The van der Waals surface area contributed by atoms with Gasteiger partial charge in [-0.1, -0.05) is 37.3 Å². The maximum absolute atomic E-state index is 12.9. The average Bonchev–Trinajstić information content (AvgIpc) is 2.68. The van der Waals surface area contributed by atoms with Crippen molar-refractivity contribution in [1.82, 2.24) is 9.97 Å². The summed E-state index contributed by atoms with van der Waals surface area (Å²) in [6, 6.07) is 13.9. The van der Waals surface area contributed by atoms with E-state index in [1.165, 1.54) is 24.5 Å². The first kappa shape index (κ1) is 17.5. The quantitative estimate of drug-likeness (QED) is 0.704. The predicted molar refractivity (Wildman–Crippen MR) is 99.5 cm³/mol. The molecule has 0 aliphatic rings. The van der Waals surface area contributed by atoms with E-state index < -0.39 is 0 Å². The minimum Gasteiger partial charge on any atom is -0.365 e. The zero-order valence-electron chi connectivity index (χ0n) is 14.4. The molecule has 0 aliphatic carbocycles. The summed E-state index contributed by atoms with van der Waals surface area (Å²) in [6.45, 7) is 2.52. The molecule has 132 valence electrons. The Morgan fingerprint density at radius 1 is 1.04 bits per heavy atom. The van der Waals surface area contributed by atoms with Gasteiger partial charge in [0, 0.05) is 12.2 Å². The molecule has 0 aliphatic heterocycles. The van der Waals surface area contributed by atoms with Crippen molar-refractivity contribution in [3.8, 4) is 0 Å². The highest BCUT2D eigenvalue weighted by molar-refractivity contribution is 6.03. The van der Waals surface area contributed by atoms with Gasteiger partial charge in [0.05, 0.1) is 12.4 Å². The second kappa shape index (κ2) is 8.20. The fourth-order valence-electron chi connectivity index (χ4n) is 2.47. The molecule has 26 heavy (non-hydrogen) atoms. The SMILES string of the molecule is CCc1ccccc1NC(=O)c1cnc(NCc2ccc(F)cc2)cn1. The van der Waals surface area contributed by atoms with Gasteiger partial charge in [-0.2, -0.15) is 0 Å². The molecule has 0 saturated carbocycles. The Balaban J connectivity index is 1.61. The first-order chi connectivity index (χ1) is 12.7. The number of nitrogens with zero attached hydrogens (tertiary/aromatic N) is 2. The number of carbonyl (C=O) groups excluding carboxylic acids is 1. The number of halogens is 1. The summed E-state index contributed by atoms with van der Waals surface area (Å²) in [6.07, 6.45) is 3.76. The summed E-state index contributed by atoms with van der Waals surface area (Å²) in [5.74, 6) is -0.0307. The van der Waals surface area contributed by atoms with Gasteiger partial charge in [-0.3, -0.25) is 4.79 Å². The minimum atomic E-state index is -0.302. The minimum absolute atomic E-state index is 0.239. The number of hydrogen-bond donors (Lipinski definition) is 2. The van der Waals surface area contributed by atoms with Crippen LogP contribution in [0, 0.1) is 5.82 Å². The predicted octanol–water partition coefficient (Wildman–Crippen LogP) is 4.04. The number of rotatable bonds is 6. The summed E-state index contributed by atoms with van der Waals surface area (Å²) in [7, 11) is 0. The third kappa shape index (κ3) is 4.42. The van der Waals surface area contributed by atoms with Crippen molar-refractivity contribution in [3.63, 3.8) is 0 Å².